The van der Waals surface area contributed by atoms with Crippen LogP contribution in [-0.2, 0) is 4.74 Å². The van der Waals surface area contributed by atoms with E-state index in [0.29, 0.717) is 37.6 Å². The Kier molecular flexibility index (Phi) is 5.08. The molecule has 1 fully saturated rings. The first-order valence-corrected chi connectivity index (χ1v) is 8.12. The molecule has 2 N–H and O–H groups in total. The maximum absolute atomic E-state index is 12.3. The Morgan fingerprint density at radius 1 is 1.12 bits per heavy atom. The van der Waals surface area contributed by atoms with Gasteiger partial charge < -0.3 is 19.9 Å². The number of nitrogens with one attached hydrogen (secondary N) is 2. The van der Waals surface area contributed by atoms with E-state index in [-0.39, 0.29) is 27.7 Å². The monoisotopic (exact) mass is 367 g/mol. The summed E-state index contributed by atoms with van der Waals surface area (Å²) >= 11 is 11.6. The van der Waals surface area contributed by atoms with Crippen LogP contribution in [0.4, 0.5) is 5.69 Å². The molecular weight excluding hydrogens is 353 g/mol. The van der Waals surface area contributed by atoms with Crippen LogP contribution in [0.2, 0.25) is 10.2 Å². The minimum Gasteiger partial charge on any atom is -0.378 e. The van der Waals surface area contributed by atoms with Crippen molar-refractivity contribution in [3.8, 4) is 0 Å². The zero-order valence-electron chi connectivity index (χ0n) is 12.6. The van der Waals surface area contributed by atoms with Gasteiger partial charge in [0, 0.05) is 24.3 Å². The number of amides is 2. The summed E-state index contributed by atoms with van der Waals surface area (Å²) in [6.07, 6.45) is 0. The van der Waals surface area contributed by atoms with Gasteiger partial charge in [-0.25, -0.2) is 0 Å². The van der Waals surface area contributed by atoms with Gasteiger partial charge in [-0.15, -0.1) is 0 Å². The van der Waals surface area contributed by atoms with E-state index in [0.717, 1.165) is 0 Å². The van der Waals surface area contributed by atoms with Crippen molar-refractivity contribution in [3.63, 3.8) is 0 Å². The first kappa shape index (κ1) is 16.8. The minimum atomic E-state index is -0.365. The Morgan fingerprint density at radius 2 is 1.79 bits per heavy atom. The molecule has 1 aromatic heterocycles. The molecule has 0 bridgehead atoms. The first-order chi connectivity index (χ1) is 11.5. The van der Waals surface area contributed by atoms with Crippen molar-refractivity contribution in [2.75, 3.05) is 31.6 Å². The van der Waals surface area contributed by atoms with Crippen molar-refractivity contribution in [2.45, 2.75) is 0 Å². The number of nitrogens with zero attached hydrogens (tertiary/aromatic N) is 1. The number of anilines is 1. The van der Waals surface area contributed by atoms with E-state index in [4.69, 9.17) is 27.9 Å². The average molecular weight is 368 g/mol. The average Bonchev–Trinajstić information content (AvgIpc) is 2.95. The number of morpholine rings is 1. The van der Waals surface area contributed by atoms with Crippen molar-refractivity contribution < 1.29 is 14.3 Å². The standard InChI is InChI=1S/C16H15Cl2N3O3/c17-12-9-13(20-14(12)18)15(22)19-11-3-1-10(2-4-11)16(23)21-5-7-24-8-6-21/h1-4,9,20H,5-8H2,(H,19,22). The van der Waals surface area contributed by atoms with Crippen LogP contribution in [0.1, 0.15) is 20.8 Å². The van der Waals surface area contributed by atoms with Crippen molar-refractivity contribution in [3.05, 3.63) is 51.8 Å². The van der Waals surface area contributed by atoms with Gasteiger partial charge in [-0.3, -0.25) is 9.59 Å². The summed E-state index contributed by atoms with van der Waals surface area (Å²) in [7, 11) is 0. The fourth-order valence-electron chi connectivity index (χ4n) is 2.37. The fourth-order valence-corrected chi connectivity index (χ4v) is 2.68. The number of benzene rings is 1. The molecule has 0 spiro atoms. The van der Waals surface area contributed by atoms with Crippen LogP contribution in [0.25, 0.3) is 0 Å². The molecule has 24 heavy (non-hydrogen) atoms. The van der Waals surface area contributed by atoms with Crippen molar-refractivity contribution >= 4 is 40.7 Å². The van der Waals surface area contributed by atoms with Crippen LogP contribution in [0.15, 0.2) is 30.3 Å². The van der Waals surface area contributed by atoms with Crippen molar-refractivity contribution in [1.82, 2.24) is 9.88 Å². The molecule has 1 aromatic carbocycles. The number of hydrogen-bond acceptors (Lipinski definition) is 3. The van der Waals surface area contributed by atoms with Gasteiger partial charge >= 0.3 is 0 Å². The SMILES string of the molecule is O=C(Nc1ccc(C(=O)N2CCOCC2)cc1)c1cc(Cl)c(Cl)[nH]1. The van der Waals surface area contributed by atoms with Crippen LogP contribution in [0.5, 0.6) is 0 Å². The summed E-state index contributed by atoms with van der Waals surface area (Å²) in [5.41, 5.74) is 1.40. The Labute approximate surface area is 148 Å². The summed E-state index contributed by atoms with van der Waals surface area (Å²) < 4.78 is 5.24. The van der Waals surface area contributed by atoms with Gasteiger partial charge in [-0.2, -0.15) is 0 Å². The Morgan fingerprint density at radius 3 is 2.38 bits per heavy atom. The lowest BCUT2D eigenvalue weighted by molar-refractivity contribution is 0.0303. The van der Waals surface area contributed by atoms with Crippen LogP contribution in [0, 0.1) is 0 Å². The molecule has 0 saturated carbocycles. The predicted molar refractivity (Wildman–Crippen MR) is 91.9 cm³/mol. The van der Waals surface area contributed by atoms with Crippen LogP contribution in [0.3, 0.4) is 0 Å². The highest BCUT2D eigenvalue weighted by atomic mass is 35.5. The molecular formula is C16H15Cl2N3O3. The lowest BCUT2D eigenvalue weighted by atomic mass is 10.1. The zero-order valence-corrected chi connectivity index (χ0v) is 14.2. The number of ether oxygens (including phenoxy) is 1. The summed E-state index contributed by atoms with van der Waals surface area (Å²) in [6.45, 7) is 2.29. The molecule has 0 aliphatic carbocycles. The number of carbonyl (C=O) groups is 2. The number of rotatable bonds is 3. The quantitative estimate of drug-likeness (QED) is 0.875. The molecule has 6 nitrogen and oxygen atoms in total. The molecule has 8 heteroatoms. The van der Waals surface area contributed by atoms with Gasteiger partial charge in [-0.05, 0) is 30.3 Å². The highest BCUT2D eigenvalue weighted by Crippen LogP contribution is 2.22. The molecule has 2 heterocycles. The van der Waals surface area contributed by atoms with Crippen LogP contribution >= 0.6 is 23.2 Å². The van der Waals surface area contributed by atoms with E-state index >= 15 is 0 Å². The zero-order chi connectivity index (χ0) is 17.1. The number of carbonyl (C=O) groups excluding carboxylic acids is 2. The van der Waals surface area contributed by atoms with Gasteiger partial charge in [0.15, 0.2) is 0 Å². The van der Waals surface area contributed by atoms with Gasteiger partial charge in [0.05, 0.1) is 18.2 Å². The second-order valence-corrected chi connectivity index (χ2v) is 6.07. The third-order valence-electron chi connectivity index (χ3n) is 3.66. The van der Waals surface area contributed by atoms with E-state index in [1.807, 2.05) is 0 Å². The number of halogens is 2. The molecule has 0 atom stereocenters. The fraction of sp³-hybridized carbons (Fsp3) is 0.250. The van der Waals surface area contributed by atoms with Gasteiger partial charge in [0.2, 0.25) is 0 Å². The second-order valence-electron chi connectivity index (χ2n) is 5.28. The maximum atomic E-state index is 12.3. The Bertz CT molecular complexity index is 733. The topological polar surface area (TPSA) is 74.4 Å². The molecule has 126 valence electrons. The van der Waals surface area contributed by atoms with E-state index in [2.05, 4.69) is 10.3 Å². The molecule has 0 unspecified atom stereocenters. The van der Waals surface area contributed by atoms with E-state index in [1.165, 1.54) is 6.07 Å². The molecule has 2 aromatic rings. The highest BCUT2D eigenvalue weighted by Gasteiger charge is 2.18. The Balaban J connectivity index is 1.65. The third kappa shape index (κ3) is 3.72. The maximum Gasteiger partial charge on any atom is 0.272 e. The predicted octanol–water partition coefficient (Wildman–Crippen LogP) is 3.05. The van der Waals surface area contributed by atoms with Gasteiger partial charge in [0.25, 0.3) is 11.8 Å². The molecule has 1 saturated heterocycles. The number of H-pyrrole nitrogens is 1. The van der Waals surface area contributed by atoms with Gasteiger partial charge in [-0.1, -0.05) is 23.2 Å². The summed E-state index contributed by atoms with van der Waals surface area (Å²) in [5, 5.41) is 3.21. The van der Waals surface area contributed by atoms with Gasteiger partial charge in [0.1, 0.15) is 10.8 Å². The number of hydrogen-bond donors (Lipinski definition) is 2. The minimum absolute atomic E-state index is 0.0425. The normalized spacial score (nSPS) is 14.5. The lowest BCUT2D eigenvalue weighted by Gasteiger charge is -2.26. The smallest absolute Gasteiger partial charge is 0.272 e. The number of aromatic amines is 1. The van der Waals surface area contributed by atoms with Crippen molar-refractivity contribution in [1.29, 1.82) is 0 Å². The number of aromatic nitrogens is 1. The van der Waals surface area contributed by atoms with Crippen LogP contribution in [-0.4, -0.2) is 48.0 Å². The molecule has 1 aliphatic rings. The lowest BCUT2D eigenvalue weighted by Crippen LogP contribution is -2.40. The molecule has 3 rings (SSSR count). The van der Waals surface area contributed by atoms with Crippen molar-refractivity contribution in [2.24, 2.45) is 0 Å². The first-order valence-electron chi connectivity index (χ1n) is 7.37. The van der Waals surface area contributed by atoms with Crippen LogP contribution < -0.4 is 5.32 Å². The summed E-state index contributed by atoms with van der Waals surface area (Å²) in [6, 6.07) is 8.18. The largest absolute Gasteiger partial charge is 0.378 e. The highest BCUT2D eigenvalue weighted by molar-refractivity contribution is 6.41. The molecule has 2 amide bonds. The second kappa shape index (κ2) is 7.25. The summed E-state index contributed by atoms with van der Waals surface area (Å²) in [5.74, 6) is -0.407. The van der Waals surface area contributed by atoms with E-state index in [1.54, 1.807) is 29.2 Å². The Hall–Kier alpha value is -2.02. The molecule has 0 radical (unpaired) electrons. The van der Waals surface area contributed by atoms with E-state index in [9.17, 15) is 9.59 Å². The van der Waals surface area contributed by atoms with E-state index < -0.39 is 0 Å². The summed E-state index contributed by atoms with van der Waals surface area (Å²) in [4.78, 5) is 28.9. The third-order valence-corrected chi connectivity index (χ3v) is 4.35. The molecule has 1 aliphatic heterocycles.